The number of nitrogens with two attached hydrogens (primary N) is 1. The number of aromatic nitrogens is 2. The van der Waals surface area contributed by atoms with Gasteiger partial charge in [-0.3, -0.25) is 24.1 Å². The van der Waals surface area contributed by atoms with Crippen LogP contribution in [0.2, 0.25) is 0 Å². The topological polar surface area (TPSA) is 183 Å². The van der Waals surface area contributed by atoms with E-state index in [2.05, 4.69) is 60.0 Å². The smallest absolute Gasteiger partial charge is 0.250 e. The largest absolute Gasteiger partial charge is 0.420 e. The molecule has 0 radical (unpaired) electrons. The van der Waals surface area contributed by atoms with Crippen molar-refractivity contribution in [3.63, 3.8) is 0 Å². The number of methoxy groups -OCH3 is 2. The van der Waals surface area contributed by atoms with Gasteiger partial charge in [-0.25, -0.2) is 4.99 Å². The summed E-state index contributed by atoms with van der Waals surface area (Å²) in [6.45, 7) is 18.3. The summed E-state index contributed by atoms with van der Waals surface area (Å²) in [5, 5.41) is 11.8. The lowest BCUT2D eigenvalue weighted by atomic mass is 9.77. The van der Waals surface area contributed by atoms with E-state index >= 15 is 0 Å². The van der Waals surface area contributed by atoms with Gasteiger partial charge in [0.15, 0.2) is 5.78 Å². The number of hydrogen-bond donors (Lipinski definition) is 2. The Kier molecular flexibility index (Phi) is 24.5. The Balaban J connectivity index is 1.42. The molecule has 0 saturated carbocycles. The molecule has 3 N–H and O–H groups in total. The molecule has 1 aromatic heterocycles. The first-order chi connectivity index (χ1) is 33.5. The number of benzene rings is 2. The van der Waals surface area contributed by atoms with Crippen molar-refractivity contribution in [1.29, 1.82) is 0 Å². The predicted molar refractivity (Wildman–Crippen MR) is 278 cm³/mol. The van der Waals surface area contributed by atoms with Crippen molar-refractivity contribution < 1.29 is 33.1 Å². The minimum atomic E-state index is -0.655. The van der Waals surface area contributed by atoms with Crippen molar-refractivity contribution in [3.8, 4) is 11.5 Å². The maximum Gasteiger partial charge on any atom is 0.250 e. The van der Waals surface area contributed by atoms with Gasteiger partial charge in [-0.2, -0.15) is 0 Å². The van der Waals surface area contributed by atoms with E-state index < -0.39 is 30.1 Å². The summed E-state index contributed by atoms with van der Waals surface area (Å²) < 4.78 is 18.4. The molecule has 2 aromatic carbocycles. The maximum atomic E-state index is 14.4. The number of hydrogen-bond acceptors (Lipinski definition) is 11. The second kappa shape index (κ2) is 29.7. The summed E-state index contributed by atoms with van der Waals surface area (Å²) in [6, 6.07) is 18.2. The lowest BCUT2D eigenvalue weighted by Crippen LogP contribution is -2.54. The van der Waals surface area contributed by atoms with E-state index in [9.17, 15) is 19.2 Å². The SMILES string of the molecule is CC[C@H](C)[C@H](CC(C)CC(=O)[C@@H](NC(=O)[C@H](C(C)C)N(C)CCCCCCN)C(C)C)[C@@H](CC(=O)N1CCC[C@H]1[C@H](OC)[C@@H](C)C(=O)N=CC(Cc1ccccc1)c1nnc(-c2ccccc2)o1)OC. The average Bonchev–Trinajstić information content (AvgIpc) is 4.05. The number of ketones is 1. The van der Waals surface area contributed by atoms with E-state index in [1.54, 1.807) is 20.4 Å². The van der Waals surface area contributed by atoms with E-state index in [4.69, 9.17) is 19.6 Å². The van der Waals surface area contributed by atoms with Gasteiger partial charge in [0.05, 0.1) is 48.6 Å². The summed E-state index contributed by atoms with van der Waals surface area (Å²) in [5.74, 6) is -0.676. The standard InChI is InChI=1S/C56H87N7O7/c1-12-40(7)45(32-39(6)33-47(64)50(37(2)3)59-54(67)51(38(4)5)62(9)30-22-14-13-21-29-57)48(68-10)35-49(65)63-31-23-28-46(63)52(69-11)41(8)53(66)58-36-44(34-42-24-17-15-18-25-42)56-61-60-55(70-56)43-26-19-16-20-27-43/h15-20,24-27,36-41,44-46,48,50-52H,12-14,21-23,28-35,57H2,1-11H3,(H,59,67)/t39?,40-,41+,44?,45-,46-,48+,50-,51-,52+/m0/s1. The molecule has 14 heteroatoms. The lowest BCUT2D eigenvalue weighted by Gasteiger charge is -2.36. The van der Waals surface area contributed by atoms with Crippen LogP contribution in [0.5, 0.6) is 0 Å². The van der Waals surface area contributed by atoms with Gasteiger partial charge in [0, 0.05) is 39.0 Å². The number of ether oxygens (including phenoxy) is 2. The number of likely N-dealkylation sites (N-methyl/N-ethyl adjacent to an activating group) is 1. The fraction of sp³-hybridized carbons (Fsp3) is 0.661. The Bertz CT molecular complexity index is 2040. The number of aliphatic imine (C=N–C) groups is 1. The molecule has 1 aliphatic rings. The molecule has 3 aromatic rings. The van der Waals surface area contributed by atoms with Crippen LogP contribution in [0.1, 0.15) is 137 Å². The first kappa shape index (κ1) is 57.9. The third-order valence-corrected chi connectivity index (χ3v) is 14.5. The Morgan fingerprint density at radius 1 is 0.900 bits per heavy atom. The van der Waals surface area contributed by atoms with E-state index in [0.29, 0.717) is 50.6 Å². The Hall–Kier alpha value is -4.63. The highest BCUT2D eigenvalue weighted by Crippen LogP contribution is 2.34. The summed E-state index contributed by atoms with van der Waals surface area (Å²) in [5.41, 5.74) is 7.50. The molecular weight excluding hydrogens is 883 g/mol. The number of amides is 3. The van der Waals surface area contributed by atoms with Gasteiger partial charge in [0.25, 0.3) is 5.91 Å². The highest BCUT2D eigenvalue weighted by atomic mass is 16.5. The number of carbonyl (C=O) groups excluding carboxylic acids is 4. The third-order valence-electron chi connectivity index (χ3n) is 14.5. The van der Waals surface area contributed by atoms with Crippen molar-refractivity contribution >= 4 is 29.7 Å². The lowest BCUT2D eigenvalue weighted by molar-refractivity contribution is -0.142. The van der Waals surface area contributed by atoms with E-state index in [0.717, 1.165) is 56.2 Å². The Morgan fingerprint density at radius 3 is 2.19 bits per heavy atom. The number of unbranched alkanes of at least 4 members (excludes halogenated alkanes) is 3. The zero-order chi connectivity index (χ0) is 51.3. The van der Waals surface area contributed by atoms with Gasteiger partial charge in [0.1, 0.15) is 0 Å². The van der Waals surface area contributed by atoms with Crippen molar-refractivity contribution in [2.45, 2.75) is 162 Å². The second-order valence-electron chi connectivity index (χ2n) is 20.7. The molecule has 4 rings (SSSR count). The number of Topliss-reactive ketones (excluding diaryl/α,β-unsaturated/α-hetero) is 1. The van der Waals surface area contributed by atoms with Crippen LogP contribution in [0.25, 0.3) is 11.5 Å². The first-order valence-corrected chi connectivity index (χ1v) is 26.1. The molecule has 10 atom stereocenters. The van der Waals surface area contributed by atoms with Gasteiger partial charge in [-0.05, 0) is 106 Å². The summed E-state index contributed by atoms with van der Waals surface area (Å²) in [4.78, 5) is 64.8. The molecule has 1 fully saturated rings. The molecule has 388 valence electrons. The summed E-state index contributed by atoms with van der Waals surface area (Å²) >= 11 is 0. The molecule has 3 amide bonds. The van der Waals surface area contributed by atoms with E-state index in [1.807, 2.05) is 93.4 Å². The van der Waals surface area contributed by atoms with Crippen molar-refractivity contribution in [1.82, 2.24) is 25.3 Å². The quantitative estimate of drug-likeness (QED) is 0.0464. The van der Waals surface area contributed by atoms with Crippen LogP contribution < -0.4 is 11.1 Å². The van der Waals surface area contributed by atoms with E-state index in [1.165, 1.54) is 0 Å². The van der Waals surface area contributed by atoms with Crippen LogP contribution in [0.4, 0.5) is 0 Å². The fourth-order valence-electron chi connectivity index (χ4n) is 10.4. The molecule has 14 nitrogen and oxygen atoms in total. The molecule has 1 aliphatic heterocycles. The molecule has 70 heavy (non-hydrogen) atoms. The first-order valence-electron chi connectivity index (χ1n) is 26.1. The molecule has 2 unspecified atom stereocenters. The zero-order valence-corrected chi connectivity index (χ0v) is 44.3. The molecular formula is C56H87N7O7. The van der Waals surface area contributed by atoms with Crippen molar-refractivity contribution in [3.05, 3.63) is 72.1 Å². The Morgan fingerprint density at radius 2 is 1.57 bits per heavy atom. The van der Waals surface area contributed by atoms with Gasteiger partial charge in [-0.15, -0.1) is 10.2 Å². The van der Waals surface area contributed by atoms with Crippen LogP contribution in [0.15, 0.2) is 70.1 Å². The van der Waals surface area contributed by atoms with Gasteiger partial charge in [0.2, 0.25) is 23.6 Å². The van der Waals surface area contributed by atoms with Crippen LogP contribution in [-0.4, -0.2) is 121 Å². The average molecular weight is 970 g/mol. The molecule has 0 bridgehead atoms. The van der Waals surface area contributed by atoms with Crippen LogP contribution >= 0.6 is 0 Å². The highest BCUT2D eigenvalue weighted by molar-refractivity contribution is 5.91. The second-order valence-corrected chi connectivity index (χ2v) is 20.7. The molecule has 2 heterocycles. The van der Waals surface area contributed by atoms with Gasteiger partial charge in [-0.1, -0.05) is 123 Å². The number of carbonyl (C=O) groups is 4. The maximum absolute atomic E-state index is 14.4. The minimum Gasteiger partial charge on any atom is -0.420 e. The van der Waals surface area contributed by atoms with Crippen LogP contribution in [0.3, 0.4) is 0 Å². The molecule has 1 saturated heterocycles. The number of likely N-dealkylation sites (tertiary alicyclic amines) is 1. The van der Waals surface area contributed by atoms with Crippen LogP contribution in [0, 0.1) is 35.5 Å². The normalized spacial score (nSPS) is 18.2. The number of nitrogens with zero attached hydrogens (tertiary/aromatic N) is 5. The van der Waals surface area contributed by atoms with Crippen LogP contribution in [-0.2, 0) is 35.1 Å². The van der Waals surface area contributed by atoms with Gasteiger partial charge < -0.3 is 29.8 Å². The Labute approximate surface area is 419 Å². The third kappa shape index (κ3) is 17.0. The number of nitrogens with one attached hydrogen (secondary N) is 1. The zero-order valence-electron chi connectivity index (χ0n) is 44.3. The summed E-state index contributed by atoms with van der Waals surface area (Å²) in [7, 11) is 5.25. The van der Waals surface area contributed by atoms with Gasteiger partial charge >= 0.3 is 0 Å². The number of rotatable bonds is 31. The fourth-order valence-corrected chi connectivity index (χ4v) is 10.4. The predicted octanol–water partition coefficient (Wildman–Crippen LogP) is 8.97. The van der Waals surface area contributed by atoms with Crippen molar-refractivity contribution in [2.75, 3.05) is 40.9 Å². The summed E-state index contributed by atoms with van der Waals surface area (Å²) in [6.07, 6.45) is 8.76. The monoisotopic (exact) mass is 970 g/mol. The highest BCUT2D eigenvalue weighted by Gasteiger charge is 2.42. The van der Waals surface area contributed by atoms with Crippen molar-refractivity contribution in [2.24, 2.45) is 46.2 Å². The van der Waals surface area contributed by atoms with E-state index in [-0.39, 0.29) is 71.6 Å². The molecule has 0 spiro atoms. The molecule has 0 aliphatic carbocycles. The minimum absolute atomic E-state index is 0.00164.